The molecule has 2 N–H and O–H groups in total. The molecule has 8 nitrogen and oxygen atoms in total. The van der Waals surface area contributed by atoms with Crippen molar-refractivity contribution in [3.63, 3.8) is 0 Å². The van der Waals surface area contributed by atoms with E-state index in [1.165, 1.54) is 12.1 Å². The minimum atomic E-state index is -4.80. The van der Waals surface area contributed by atoms with Gasteiger partial charge in [-0.15, -0.1) is 0 Å². The van der Waals surface area contributed by atoms with E-state index >= 15 is 0 Å². The molecule has 2 atom stereocenters. The number of carbonyl (C=O) groups excluding carboxylic acids is 4. The molecule has 0 saturated carbocycles. The molecule has 12 heteroatoms. The van der Waals surface area contributed by atoms with E-state index in [1.54, 1.807) is 42.5 Å². The number of halogens is 4. The van der Waals surface area contributed by atoms with Crippen LogP contribution in [0.3, 0.4) is 0 Å². The van der Waals surface area contributed by atoms with E-state index in [9.17, 15) is 36.7 Å². The number of amides is 4. The predicted octanol–water partition coefficient (Wildman–Crippen LogP) is 4.69. The van der Waals surface area contributed by atoms with Gasteiger partial charge in [-0.1, -0.05) is 48.5 Å². The normalized spacial score (nSPS) is 18.6. The van der Waals surface area contributed by atoms with Gasteiger partial charge >= 0.3 is 12.3 Å². The number of carbonyl (C=O) groups is 4. The number of hydrogen-bond donors (Lipinski definition) is 1. The minimum absolute atomic E-state index is 0.0662. The van der Waals surface area contributed by atoms with E-state index < -0.39 is 60.5 Å². The van der Waals surface area contributed by atoms with Crippen LogP contribution in [0, 0.1) is 5.82 Å². The standard InChI is InChI=1S/C30H25F4N3O5/c1-17(30(32,33)34)36(15-18-6-9-21(31)10-7-18)25(38)16-37-27(40)29(42-28(37)41)13-12-20-14-19(8-11-24(20)29)22-4-2-3-5-23(22)26(35)39/h2-11,14,17H,12-13,15-16H2,1H3,(H2,35,39)/t17-,29+/m0/s1. The van der Waals surface area contributed by atoms with Crippen LogP contribution in [0.1, 0.15) is 40.4 Å². The molecule has 1 fully saturated rings. The molecule has 1 aliphatic heterocycles. The third kappa shape index (κ3) is 5.08. The first-order valence-corrected chi connectivity index (χ1v) is 13.0. The second-order valence-corrected chi connectivity index (χ2v) is 10.2. The number of nitrogens with two attached hydrogens (primary N) is 1. The zero-order valence-electron chi connectivity index (χ0n) is 22.3. The first-order chi connectivity index (χ1) is 19.8. The quantitative estimate of drug-likeness (QED) is 0.406. The summed E-state index contributed by atoms with van der Waals surface area (Å²) in [6, 6.07) is 14.1. The number of fused-ring (bicyclic) bond motifs is 2. The lowest BCUT2D eigenvalue weighted by atomic mass is 9.92. The van der Waals surface area contributed by atoms with Crippen LogP contribution in [0.2, 0.25) is 0 Å². The SMILES string of the molecule is C[C@H](N(Cc1ccc(F)cc1)C(=O)CN1C(=O)O[C@@]2(CCc3cc(-c4ccccc4C(N)=O)ccc32)C1=O)C(F)(F)F. The number of nitrogens with zero attached hydrogens (tertiary/aromatic N) is 2. The average Bonchev–Trinajstić information content (AvgIpc) is 3.43. The molecule has 2 aliphatic rings. The van der Waals surface area contributed by atoms with Crippen LogP contribution in [-0.2, 0) is 32.9 Å². The maximum Gasteiger partial charge on any atom is 0.418 e. The van der Waals surface area contributed by atoms with Gasteiger partial charge in [0.1, 0.15) is 18.4 Å². The van der Waals surface area contributed by atoms with E-state index in [0.717, 1.165) is 19.1 Å². The Hall–Kier alpha value is -4.74. The van der Waals surface area contributed by atoms with Gasteiger partial charge in [0.2, 0.25) is 17.4 Å². The Morgan fingerprint density at radius 1 is 1.07 bits per heavy atom. The smallest absolute Gasteiger partial charge is 0.418 e. The molecule has 1 heterocycles. The number of hydrogen-bond acceptors (Lipinski definition) is 5. The van der Waals surface area contributed by atoms with Crippen molar-refractivity contribution >= 4 is 23.8 Å². The summed E-state index contributed by atoms with van der Waals surface area (Å²) in [5.74, 6) is -3.21. The van der Waals surface area contributed by atoms with E-state index in [0.29, 0.717) is 44.0 Å². The third-order valence-electron chi connectivity index (χ3n) is 7.68. The van der Waals surface area contributed by atoms with Gasteiger partial charge in [-0.05, 0) is 53.8 Å². The van der Waals surface area contributed by atoms with Gasteiger partial charge in [-0.3, -0.25) is 14.4 Å². The highest BCUT2D eigenvalue weighted by Crippen LogP contribution is 2.46. The van der Waals surface area contributed by atoms with Crippen LogP contribution in [0.4, 0.5) is 22.4 Å². The van der Waals surface area contributed by atoms with E-state index in [2.05, 4.69) is 0 Å². The summed E-state index contributed by atoms with van der Waals surface area (Å²) in [6.45, 7) is -0.713. The van der Waals surface area contributed by atoms with Gasteiger partial charge in [0.25, 0.3) is 5.91 Å². The fourth-order valence-electron chi connectivity index (χ4n) is 5.40. The van der Waals surface area contributed by atoms with Crippen LogP contribution in [-0.4, -0.2) is 52.4 Å². The third-order valence-corrected chi connectivity index (χ3v) is 7.68. The topological polar surface area (TPSA) is 110 Å². The molecule has 1 spiro atoms. The number of rotatable bonds is 7. The maximum absolute atomic E-state index is 13.7. The first-order valence-electron chi connectivity index (χ1n) is 13.0. The van der Waals surface area contributed by atoms with Crippen molar-refractivity contribution in [3.8, 4) is 11.1 Å². The van der Waals surface area contributed by atoms with E-state index in [1.807, 2.05) is 0 Å². The van der Waals surface area contributed by atoms with Gasteiger partial charge in [0, 0.05) is 24.1 Å². The minimum Gasteiger partial charge on any atom is -0.427 e. The maximum atomic E-state index is 13.7. The van der Waals surface area contributed by atoms with E-state index in [-0.39, 0.29) is 12.0 Å². The number of benzene rings is 3. The van der Waals surface area contributed by atoms with Crippen LogP contribution in [0.5, 0.6) is 0 Å². The fourth-order valence-corrected chi connectivity index (χ4v) is 5.40. The molecule has 42 heavy (non-hydrogen) atoms. The summed E-state index contributed by atoms with van der Waals surface area (Å²) in [4.78, 5) is 52.6. The molecule has 3 aromatic carbocycles. The number of aryl methyl sites for hydroxylation is 1. The second kappa shape index (κ2) is 10.6. The number of primary amides is 1. The van der Waals surface area contributed by atoms with Crippen molar-refractivity contribution in [1.82, 2.24) is 9.80 Å². The summed E-state index contributed by atoms with van der Waals surface area (Å²) >= 11 is 0. The molecule has 5 rings (SSSR count). The lowest BCUT2D eigenvalue weighted by molar-refractivity contribution is -0.187. The number of ether oxygens (including phenoxy) is 1. The molecule has 1 aliphatic carbocycles. The molecule has 3 aromatic rings. The summed E-state index contributed by atoms with van der Waals surface area (Å²) in [7, 11) is 0. The van der Waals surface area contributed by atoms with Crippen LogP contribution >= 0.6 is 0 Å². The Labute approximate surface area is 237 Å². The van der Waals surface area contributed by atoms with Gasteiger partial charge in [-0.25, -0.2) is 14.1 Å². The number of imide groups is 1. The highest BCUT2D eigenvalue weighted by molar-refractivity contribution is 6.06. The van der Waals surface area contributed by atoms with E-state index in [4.69, 9.17) is 10.5 Å². The molecular formula is C30H25F4N3O5. The van der Waals surface area contributed by atoms with Crippen molar-refractivity contribution in [2.75, 3.05) is 6.54 Å². The molecule has 218 valence electrons. The molecule has 0 unspecified atom stereocenters. The second-order valence-electron chi connectivity index (χ2n) is 10.2. The van der Waals surface area contributed by atoms with Crippen LogP contribution in [0.15, 0.2) is 66.7 Å². The summed E-state index contributed by atoms with van der Waals surface area (Å²) in [6.07, 6.45) is -5.56. The lowest BCUT2D eigenvalue weighted by Gasteiger charge is -2.31. The molecule has 4 amide bonds. The van der Waals surface area contributed by atoms with Gasteiger partial charge in [-0.2, -0.15) is 13.2 Å². The highest BCUT2D eigenvalue weighted by Gasteiger charge is 2.58. The lowest BCUT2D eigenvalue weighted by Crippen LogP contribution is -2.51. The van der Waals surface area contributed by atoms with Gasteiger partial charge in [0.15, 0.2) is 0 Å². The molecular weight excluding hydrogens is 558 g/mol. The molecule has 0 aromatic heterocycles. The number of alkyl halides is 3. The Balaban J connectivity index is 1.40. The molecule has 0 radical (unpaired) electrons. The van der Waals surface area contributed by atoms with Crippen molar-refractivity contribution < 1.29 is 41.5 Å². The van der Waals surface area contributed by atoms with Crippen molar-refractivity contribution in [3.05, 3.63) is 94.8 Å². The largest absolute Gasteiger partial charge is 0.427 e. The van der Waals surface area contributed by atoms with Crippen LogP contribution in [0.25, 0.3) is 11.1 Å². The zero-order valence-corrected chi connectivity index (χ0v) is 22.3. The predicted molar refractivity (Wildman–Crippen MR) is 141 cm³/mol. The molecule has 0 bridgehead atoms. The Morgan fingerprint density at radius 3 is 2.43 bits per heavy atom. The van der Waals surface area contributed by atoms with Gasteiger partial charge in [0.05, 0.1) is 0 Å². The summed E-state index contributed by atoms with van der Waals surface area (Å²) in [5.41, 5.74) is 6.60. The van der Waals surface area contributed by atoms with Crippen LogP contribution < -0.4 is 5.73 Å². The Morgan fingerprint density at radius 2 is 1.76 bits per heavy atom. The highest BCUT2D eigenvalue weighted by atomic mass is 19.4. The monoisotopic (exact) mass is 583 g/mol. The zero-order chi connectivity index (χ0) is 30.4. The van der Waals surface area contributed by atoms with Crippen molar-refractivity contribution in [2.45, 2.75) is 44.1 Å². The van der Waals surface area contributed by atoms with Crippen molar-refractivity contribution in [1.29, 1.82) is 0 Å². The fraction of sp³-hybridized carbons (Fsp3) is 0.267. The van der Waals surface area contributed by atoms with Gasteiger partial charge < -0.3 is 15.4 Å². The van der Waals surface area contributed by atoms with Crippen molar-refractivity contribution in [2.24, 2.45) is 5.73 Å². The summed E-state index contributed by atoms with van der Waals surface area (Å²) in [5, 5.41) is 0. The Bertz CT molecular complexity index is 1590. The average molecular weight is 584 g/mol. The first kappa shape index (κ1) is 28.8. The summed E-state index contributed by atoms with van der Waals surface area (Å²) < 4.78 is 59.9. The molecule has 1 saturated heterocycles. The Kier molecular flexibility index (Phi) is 7.25.